The van der Waals surface area contributed by atoms with E-state index in [-0.39, 0.29) is 23.8 Å². The Hall–Kier alpha value is -2.20. The molecule has 2 aromatic heterocycles. The number of rotatable bonds is 7. The number of hydrogen-bond donors (Lipinski definition) is 2. The Kier molecular flexibility index (Phi) is 6.71. The number of carbonyl (C=O) groups excluding carboxylic acids is 2. The number of anilines is 1. The van der Waals surface area contributed by atoms with Gasteiger partial charge >= 0.3 is 5.97 Å². The number of thiazole rings is 1. The highest BCUT2D eigenvalue weighted by molar-refractivity contribution is 7.99. The van der Waals surface area contributed by atoms with E-state index in [0.29, 0.717) is 33.0 Å². The van der Waals surface area contributed by atoms with Crippen LogP contribution in [-0.2, 0) is 16.0 Å². The molecule has 134 valence electrons. The molecule has 2 heterocycles. The molecule has 0 radical (unpaired) electrons. The van der Waals surface area contributed by atoms with Crippen molar-refractivity contribution >= 4 is 40.1 Å². The Balaban J connectivity index is 1.97. The zero-order chi connectivity index (χ0) is 18.4. The molecule has 0 atom stereocenters. The van der Waals surface area contributed by atoms with Crippen molar-refractivity contribution in [3.8, 4) is 0 Å². The van der Waals surface area contributed by atoms with Crippen LogP contribution in [0, 0.1) is 6.92 Å². The molecule has 0 aliphatic heterocycles. The maximum absolute atomic E-state index is 12.0. The molecule has 2 rings (SSSR count). The van der Waals surface area contributed by atoms with Crippen LogP contribution >= 0.6 is 23.1 Å². The van der Waals surface area contributed by atoms with Gasteiger partial charge in [-0.25, -0.2) is 14.8 Å². The molecule has 10 heteroatoms. The first-order valence-electron chi connectivity index (χ1n) is 7.60. The van der Waals surface area contributed by atoms with Crippen molar-refractivity contribution in [2.24, 2.45) is 0 Å². The summed E-state index contributed by atoms with van der Waals surface area (Å²) in [5.41, 5.74) is 0.929. The number of nitrogens with zero attached hydrogens (tertiary/aromatic N) is 2. The van der Waals surface area contributed by atoms with Crippen molar-refractivity contribution in [3.05, 3.63) is 32.7 Å². The van der Waals surface area contributed by atoms with Crippen LogP contribution in [0.25, 0.3) is 0 Å². The van der Waals surface area contributed by atoms with Crippen LogP contribution in [0.2, 0.25) is 0 Å². The third kappa shape index (κ3) is 5.40. The van der Waals surface area contributed by atoms with Crippen LogP contribution in [0.3, 0.4) is 0 Å². The lowest BCUT2D eigenvalue weighted by molar-refractivity contribution is -0.113. The minimum Gasteiger partial charge on any atom is -0.462 e. The number of nitrogens with one attached hydrogen (secondary N) is 2. The lowest BCUT2D eigenvalue weighted by Crippen LogP contribution is -2.15. The lowest BCUT2D eigenvalue weighted by Gasteiger charge is -2.03. The van der Waals surface area contributed by atoms with Gasteiger partial charge in [0.05, 0.1) is 18.1 Å². The summed E-state index contributed by atoms with van der Waals surface area (Å²) in [7, 11) is 0. The number of ether oxygens (including phenoxy) is 1. The maximum Gasteiger partial charge on any atom is 0.350 e. The van der Waals surface area contributed by atoms with Crippen LogP contribution < -0.4 is 10.9 Å². The molecule has 8 nitrogen and oxygen atoms in total. The van der Waals surface area contributed by atoms with Crippen LogP contribution in [0.15, 0.2) is 16.0 Å². The number of aromatic amines is 1. The molecule has 0 aromatic carbocycles. The monoisotopic (exact) mass is 382 g/mol. The Morgan fingerprint density at radius 1 is 1.36 bits per heavy atom. The van der Waals surface area contributed by atoms with Gasteiger partial charge in [0.25, 0.3) is 5.56 Å². The average Bonchev–Trinajstić information content (AvgIpc) is 2.93. The van der Waals surface area contributed by atoms with Crippen molar-refractivity contribution in [3.63, 3.8) is 0 Å². The van der Waals surface area contributed by atoms with Gasteiger partial charge in [-0.15, -0.1) is 0 Å². The van der Waals surface area contributed by atoms with E-state index in [2.05, 4.69) is 20.3 Å². The molecular weight excluding hydrogens is 364 g/mol. The van der Waals surface area contributed by atoms with Gasteiger partial charge in [0.1, 0.15) is 4.88 Å². The summed E-state index contributed by atoms with van der Waals surface area (Å²) in [6.07, 6.45) is 0.638. The number of thioether (sulfide) groups is 1. The Bertz CT molecular complexity index is 831. The van der Waals surface area contributed by atoms with E-state index in [1.54, 1.807) is 13.8 Å². The minimum atomic E-state index is -0.453. The lowest BCUT2D eigenvalue weighted by atomic mass is 10.3. The van der Waals surface area contributed by atoms with Crippen molar-refractivity contribution in [2.75, 3.05) is 17.7 Å². The number of hydrogen-bond acceptors (Lipinski definition) is 8. The molecule has 0 aliphatic carbocycles. The molecule has 2 aromatic rings. The number of aryl methyl sites for hydroxylation is 2. The second kappa shape index (κ2) is 8.77. The van der Waals surface area contributed by atoms with Gasteiger partial charge < -0.3 is 15.0 Å². The van der Waals surface area contributed by atoms with Crippen molar-refractivity contribution in [1.82, 2.24) is 15.0 Å². The fourth-order valence-corrected chi connectivity index (χ4v) is 3.43. The van der Waals surface area contributed by atoms with Gasteiger partial charge in [-0.05, 0) is 20.3 Å². The van der Waals surface area contributed by atoms with E-state index < -0.39 is 5.97 Å². The van der Waals surface area contributed by atoms with Gasteiger partial charge in [-0.2, -0.15) is 0 Å². The predicted octanol–water partition coefficient (Wildman–Crippen LogP) is 2.00. The first-order chi connectivity index (χ1) is 11.9. The molecular formula is C15H18N4O4S2. The van der Waals surface area contributed by atoms with Crippen LogP contribution in [0.1, 0.15) is 34.9 Å². The molecule has 25 heavy (non-hydrogen) atoms. The molecule has 0 fully saturated rings. The molecule has 1 amide bonds. The quantitative estimate of drug-likeness (QED) is 0.428. The first-order valence-corrected chi connectivity index (χ1v) is 9.40. The van der Waals surface area contributed by atoms with Crippen molar-refractivity contribution < 1.29 is 14.3 Å². The second-order valence-electron chi connectivity index (χ2n) is 4.89. The molecule has 0 saturated heterocycles. The third-order valence-electron chi connectivity index (χ3n) is 2.98. The smallest absolute Gasteiger partial charge is 0.350 e. The van der Waals surface area contributed by atoms with E-state index in [1.165, 1.54) is 6.07 Å². The first kappa shape index (κ1) is 19.1. The summed E-state index contributed by atoms with van der Waals surface area (Å²) >= 11 is 2.19. The zero-order valence-corrected chi connectivity index (χ0v) is 15.7. The van der Waals surface area contributed by atoms with Crippen LogP contribution in [0.5, 0.6) is 0 Å². The molecule has 0 unspecified atom stereocenters. The molecule has 0 saturated carbocycles. The summed E-state index contributed by atoms with van der Waals surface area (Å²) in [5.74, 6) is -0.701. The zero-order valence-electron chi connectivity index (χ0n) is 14.0. The molecule has 0 spiro atoms. The average molecular weight is 382 g/mol. The van der Waals surface area contributed by atoms with Crippen LogP contribution in [0.4, 0.5) is 5.13 Å². The van der Waals surface area contributed by atoms with Gasteiger partial charge in [0.15, 0.2) is 10.3 Å². The summed E-state index contributed by atoms with van der Waals surface area (Å²) in [4.78, 5) is 46.7. The Labute approximate surface area is 152 Å². The molecule has 0 bridgehead atoms. The fraction of sp³-hybridized carbons (Fsp3) is 0.400. The van der Waals surface area contributed by atoms with E-state index in [1.807, 2.05) is 6.92 Å². The van der Waals surface area contributed by atoms with E-state index in [9.17, 15) is 14.4 Å². The number of H-pyrrole nitrogens is 1. The fourth-order valence-electron chi connectivity index (χ4n) is 1.86. The largest absolute Gasteiger partial charge is 0.462 e. The second-order valence-corrected chi connectivity index (χ2v) is 6.85. The highest BCUT2D eigenvalue weighted by Gasteiger charge is 2.17. The van der Waals surface area contributed by atoms with Crippen LogP contribution in [-0.4, -0.2) is 39.2 Å². The SMILES string of the molecule is CCOC(=O)c1sc(NC(=O)CSc2nc(CC)cc(=O)[nH]2)nc1C. The van der Waals surface area contributed by atoms with Gasteiger partial charge in [0.2, 0.25) is 5.91 Å². The number of aromatic nitrogens is 3. The number of esters is 1. The minimum absolute atomic E-state index is 0.0590. The summed E-state index contributed by atoms with van der Waals surface area (Å²) in [5, 5.41) is 3.35. The summed E-state index contributed by atoms with van der Waals surface area (Å²) in [6, 6.07) is 1.43. The molecule has 2 N–H and O–H groups in total. The van der Waals surface area contributed by atoms with Gasteiger partial charge in [-0.3, -0.25) is 9.59 Å². The Morgan fingerprint density at radius 2 is 2.12 bits per heavy atom. The maximum atomic E-state index is 12.0. The van der Waals surface area contributed by atoms with Gasteiger partial charge in [0, 0.05) is 11.8 Å². The van der Waals surface area contributed by atoms with Crippen molar-refractivity contribution in [1.29, 1.82) is 0 Å². The summed E-state index contributed by atoms with van der Waals surface area (Å²) in [6.45, 7) is 5.57. The predicted molar refractivity (Wildman–Crippen MR) is 96.4 cm³/mol. The highest BCUT2D eigenvalue weighted by Crippen LogP contribution is 2.23. The number of carbonyl (C=O) groups is 2. The highest BCUT2D eigenvalue weighted by atomic mass is 32.2. The standard InChI is InChI=1S/C15H18N4O4S2/c1-4-9-6-10(20)18-14(17-9)24-7-11(21)19-15-16-8(3)12(25-15)13(22)23-5-2/h6H,4-5,7H2,1-3H3,(H,16,19,21)(H,17,18,20). The normalized spacial score (nSPS) is 10.5. The summed E-state index contributed by atoms with van der Waals surface area (Å²) < 4.78 is 4.94. The molecule has 0 aliphatic rings. The van der Waals surface area contributed by atoms with E-state index in [0.717, 1.165) is 23.1 Å². The third-order valence-corrected chi connectivity index (χ3v) is 4.91. The topological polar surface area (TPSA) is 114 Å². The van der Waals surface area contributed by atoms with Gasteiger partial charge in [-0.1, -0.05) is 30.0 Å². The van der Waals surface area contributed by atoms with E-state index in [4.69, 9.17) is 4.74 Å². The Morgan fingerprint density at radius 3 is 2.80 bits per heavy atom. The van der Waals surface area contributed by atoms with E-state index >= 15 is 0 Å². The number of amides is 1. The van der Waals surface area contributed by atoms with Crippen molar-refractivity contribution in [2.45, 2.75) is 32.3 Å².